The Morgan fingerprint density at radius 1 is 1.37 bits per heavy atom. The summed E-state index contributed by atoms with van der Waals surface area (Å²) in [7, 11) is 0. The van der Waals surface area contributed by atoms with Crippen LogP contribution in [0.3, 0.4) is 0 Å². The molecule has 2 aromatic rings. The molecule has 19 heavy (non-hydrogen) atoms. The first kappa shape index (κ1) is 11.9. The number of thioether (sulfide) groups is 1. The molecule has 0 fully saturated rings. The van der Waals surface area contributed by atoms with E-state index in [-0.39, 0.29) is 15.8 Å². The lowest BCUT2D eigenvalue weighted by molar-refractivity contribution is 0.0695. The minimum absolute atomic E-state index is 0.0217. The number of nitrogens with zero attached hydrogens (tertiary/aromatic N) is 1. The van der Waals surface area contributed by atoms with Crippen LogP contribution in [0.25, 0.3) is 17.1 Å². The fourth-order valence-corrected chi connectivity index (χ4v) is 2.83. The zero-order valence-corrected chi connectivity index (χ0v) is 10.0. The van der Waals surface area contributed by atoms with Gasteiger partial charge in [0.2, 0.25) is 5.43 Å². The third-order valence-electron chi connectivity index (χ3n) is 2.80. The number of carbonyl (C=O) groups is 1. The van der Waals surface area contributed by atoms with Crippen molar-refractivity contribution in [2.24, 2.45) is 0 Å². The highest BCUT2D eigenvalue weighted by Crippen LogP contribution is 2.35. The molecule has 0 spiro atoms. The molecular formula is C12H5F2NO3S. The Bertz CT molecular complexity index is 826. The zero-order valence-electron chi connectivity index (χ0n) is 9.18. The summed E-state index contributed by atoms with van der Waals surface area (Å²) in [6.07, 6.45) is 2.59. The van der Waals surface area contributed by atoms with Crippen LogP contribution >= 0.6 is 11.8 Å². The molecule has 0 amide bonds. The van der Waals surface area contributed by atoms with Gasteiger partial charge in [0.15, 0.2) is 11.6 Å². The molecule has 0 radical (unpaired) electrons. The number of benzene rings is 1. The number of pyridine rings is 1. The fraction of sp³-hybridized carbons (Fsp3) is 0. The molecule has 1 aliphatic heterocycles. The largest absolute Gasteiger partial charge is 0.477 e. The molecular weight excluding hydrogens is 276 g/mol. The Balaban J connectivity index is 2.59. The van der Waals surface area contributed by atoms with Crippen LogP contribution < -0.4 is 5.43 Å². The average Bonchev–Trinajstić information content (AvgIpc) is 2.38. The molecule has 1 aromatic heterocycles. The van der Waals surface area contributed by atoms with E-state index in [1.54, 1.807) is 0 Å². The molecule has 0 atom stereocenters. The van der Waals surface area contributed by atoms with Crippen LogP contribution in [-0.4, -0.2) is 15.6 Å². The lowest BCUT2D eigenvalue weighted by Crippen LogP contribution is -2.19. The number of hydrogen-bond acceptors (Lipinski definition) is 3. The SMILES string of the molecule is O=C(O)c1cn2c3c(c(F)c(F)cc3c1=O)SC=C2. The first-order chi connectivity index (χ1) is 9.00. The van der Waals surface area contributed by atoms with Gasteiger partial charge in [-0.25, -0.2) is 13.6 Å². The van der Waals surface area contributed by atoms with Crippen LogP contribution in [0.2, 0.25) is 0 Å². The van der Waals surface area contributed by atoms with E-state index >= 15 is 0 Å². The van der Waals surface area contributed by atoms with Crippen molar-refractivity contribution in [1.82, 2.24) is 4.57 Å². The van der Waals surface area contributed by atoms with E-state index in [2.05, 4.69) is 0 Å². The van der Waals surface area contributed by atoms with Crippen LogP contribution in [0.4, 0.5) is 8.78 Å². The summed E-state index contributed by atoms with van der Waals surface area (Å²) >= 11 is 0.942. The fourth-order valence-electron chi connectivity index (χ4n) is 1.97. The summed E-state index contributed by atoms with van der Waals surface area (Å²) in [5.74, 6) is -3.62. The highest BCUT2D eigenvalue weighted by atomic mass is 32.2. The molecule has 7 heteroatoms. The standard InChI is InChI=1S/C12H5F2NO3S/c13-7-3-5-9-11(8(7)14)19-2-1-15(9)4-6(10(5)16)12(17)18/h1-4H,(H,17,18). The smallest absolute Gasteiger partial charge is 0.341 e. The number of aromatic carboxylic acids is 1. The van der Waals surface area contributed by atoms with Gasteiger partial charge in [0.05, 0.1) is 15.8 Å². The number of carboxylic acids is 1. The van der Waals surface area contributed by atoms with Crippen LogP contribution in [0.1, 0.15) is 10.4 Å². The Kier molecular flexibility index (Phi) is 2.46. The highest BCUT2D eigenvalue weighted by molar-refractivity contribution is 8.02. The molecule has 0 unspecified atom stereocenters. The van der Waals surface area contributed by atoms with E-state index in [4.69, 9.17) is 5.11 Å². The van der Waals surface area contributed by atoms with Gasteiger partial charge in [0, 0.05) is 12.4 Å². The van der Waals surface area contributed by atoms with Crippen molar-refractivity contribution in [3.8, 4) is 0 Å². The summed E-state index contributed by atoms with van der Waals surface area (Å²) in [5, 5.41) is 10.3. The molecule has 4 nitrogen and oxygen atoms in total. The number of hydrogen-bond donors (Lipinski definition) is 1. The van der Waals surface area contributed by atoms with E-state index in [1.165, 1.54) is 16.2 Å². The number of halogens is 2. The third-order valence-corrected chi connectivity index (χ3v) is 3.67. The number of aromatic nitrogens is 1. The summed E-state index contributed by atoms with van der Waals surface area (Å²) in [6, 6.07) is 0.735. The highest BCUT2D eigenvalue weighted by Gasteiger charge is 2.22. The van der Waals surface area contributed by atoms with Gasteiger partial charge >= 0.3 is 5.97 Å². The molecule has 1 aromatic carbocycles. The summed E-state index contributed by atoms with van der Waals surface area (Å²) in [5.41, 5.74) is -1.13. The van der Waals surface area contributed by atoms with Gasteiger partial charge in [-0.15, -0.1) is 0 Å². The third kappa shape index (κ3) is 1.58. The van der Waals surface area contributed by atoms with Gasteiger partial charge in [-0.1, -0.05) is 11.8 Å². The zero-order chi connectivity index (χ0) is 13.7. The topological polar surface area (TPSA) is 59.3 Å². The molecule has 1 aliphatic rings. The lowest BCUT2D eigenvalue weighted by atomic mass is 10.1. The lowest BCUT2D eigenvalue weighted by Gasteiger charge is -2.15. The maximum Gasteiger partial charge on any atom is 0.341 e. The van der Waals surface area contributed by atoms with Crippen LogP contribution in [0, 0.1) is 11.6 Å². The van der Waals surface area contributed by atoms with Crippen LogP contribution in [0.15, 0.2) is 27.4 Å². The van der Waals surface area contributed by atoms with Gasteiger partial charge in [0.1, 0.15) is 5.56 Å². The van der Waals surface area contributed by atoms with E-state index in [0.717, 1.165) is 24.0 Å². The maximum atomic E-state index is 13.7. The molecule has 0 bridgehead atoms. The first-order valence-electron chi connectivity index (χ1n) is 5.14. The minimum atomic E-state index is -1.41. The number of rotatable bonds is 1. The number of carboxylic acid groups (broad SMARTS) is 1. The van der Waals surface area contributed by atoms with Crippen molar-refractivity contribution in [2.75, 3.05) is 0 Å². The summed E-state index contributed by atoms with van der Waals surface area (Å²) in [4.78, 5) is 22.9. The molecule has 0 saturated heterocycles. The van der Waals surface area contributed by atoms with Crippen molar-refractivity contribution >= 4 is 34.8 Å². The Morgan fingerprint density at radius 3 is 2.79 bits per heavy atom. The van der Waals surface area contributed by atoms with Crippen LogP contribution in [-0.2, 0) is 0 Å². The van der Waals surface area contributed by atoms with Crippen molar-refractivity contribution in [1.29, 1.82) is 0 Å². The minimum Gasteiger partial charge on any atom is -0.477 e. The van der Waals surface area contributed by atoms with Gasteiger partial charge < -0.3 is 9.67 Å². The average molecular weight is 281 g/mol. The van der Waals surface area contributed by atoms with Crippen molar-refractivity contribution < 1.29 is 18.7 Å². The second-order valence-corrected chi connectivity index (χ2v) is 4.80. The Hall–Kier alpha value is -2.15. The van der Waals surface area contributed by atoms with Gasteiger partial charge in [-0.05, 0) is 11.5 Å². The van der Waals surface area contributed by atoms with E-state index in [0.29, 0.717) is 0 Å². The molecule has 0 saturated carbocycles. The molecule has 0 aliphatic carbocycles. The predicted molar refractivity (Wildman–Crippen MR) is 66.3 cm³/mol. The molecule has 1 N–H and O–H groups in total. The van der Waals surface area contributed by atoms with Crippen LogP contribution in [0.5, 0.6) is 0 Å². The van der Waals surface area contributed by atoms with Crippen molar-refractivity contribution in [2.45, 2.75) is 4.90 Å². The Morgan fingerprint density at radius 2 is 2.11 bits per heavy atom. The maximum absolute atomic E-state index is 13.7. The van der Waals surface area contributed by atoms with Gasteiger partial charge in [0.25, 0.3) is 0 Å². The second-order valence-electron chi connectivity index (χ2n) is 3.88. The van der Waals surface area contributed by atoms with Gasteiger partial charge in [-0.3, -0.25) is 4.79 Å². The predicted octanol–water partition coefficient (Wildman–Crippen LogP) is 2.51. The quantitative estimate of drug-likeness (QED) is 0.872. The second kappa shape index (κ2) is 3.92. The first-order valence-corrected chi connectivity index (χ1v) is 6.02. The van der Waals surface area contributed by atoms with Gasteiger partial charge in [-0.2, -0.15) is 0 Å². The normalized spacial score (nSPS) is 12.9. The van der Waals surface area contributed by atoms with E-state index in [1.807, 2.05) is 0 Å². The molecule has 2 heterocycles. The Labute approximate surface area is 109 Å². The van der Waals surface area contributed by atoms with E-state index < -0.39 is 28.6 Å². The van der Waals surface area contributed by atoms with E-state index in [9.17, 15) is 18.4 Å². The molecule has 3 rings (SSSR count). The summed E-state index contributed by atoms with van der Waals surface area (Å²) in [6.45, 7) is 0. The summed E-state index contributed by atoms with van der Waals surface area (Å²) < 4.78 is 28.4. The van der Waals surface area contributed by atoms with Crippen molar-refractivity contribution in [3.63, 3.8) is 0 Å². The van der Waals surface area contributed by atoms with Crippen molar-refractivity contribution in [3.05, 3.63) is 45.1 Å². The monoisotopic (exact) mass is 281 g/mol. The molecule has 96 valence electrons.